The number of hydrogen-bond acceptors (Lipinski definition) is 0. The number of hydrogen-bond donors (Lipinski definition) is 0. The predicted molar refractivity (Wildman–Crippen MR) is 25.4 cm³/mol. The Morgan fingerprint density at radius 2 is 2.17 bits per heavy atom. The molecule has 0 aromatic carbocycles. The van der Waals surface area contributed by atoms with E-state index in [4.69, 9.17) is 0 Å². The molecule has 0 atom stereocenters. The molecule has 0 radical (unpaired) electrons. The van der Waals surface area contributed by atoms with Gasteiger partial charge in [-0.25, -0.2) is 0 Å². The fraction of sp³-hybridized carbons (Fsp3) is 0. The fourth-order valence-corrected chi connectivity index (χ4v) is 0.341. The summed E-state index contributed by atoms with van der Waals surface area (Å²) in [5.41, 5.74) is 0.994. The van der Waals surface area contributed by atoms with E-state index < -0.39 is 0 Å². The molecule has 0 amide bonds. The van der Waals surface area contributed by atoms with Gasteiger partial charge in [0.2, 0.25) is 0 Å². The van der Waals surface area contributed by atoms with E-state index in [1.54, 1.807) is 24.2 Å². The normalized spacial score (nSPS) is 6.83. The molecule has 0 aliphatic carbocycles. The summed E-state index contributed by atoms with van der Waals surface area (Å²) in [6, 6.07) is 0. The summed E-state index contributed by atoms with van der Waals surface area (Å²) < 4.78 is 1.94. The summed E-state index contributed by atoms with van der Waals surface area (Å²) in [6.45, 7) is 7.13. The van der Waals surface area contributed by atoms with Crippen LogP contribution in [0.4, 0.5) is 0 Å². The van der Waals surface area contributed by atoms with Crippen molar-refractivity contribution in [2.75, 3.05) is 0 Å². The van der Waals surface area contributed by atoms with Crippen LogP contribution in [0.1, 0.15) is 0 Å². The summed E-state index contributed by atoms with van der Waals surface area (Å²) in [5, 5.41) is 0. The van der Waals surface area contributed by atoms with Gasteiger partial charge in [-0.2, -0.15) is 0 Å². The van der Waals surface area contributed by atoms with Gasteiger partial charge in [-0.05, 0) is 0 Å². The molecule has 34 valence electrons. The molecule has 6 heavy (non-hydrogen) atoms. The van der Waals surface area contributed by atoms with Gasteiger partial charge in [-0.3, -0.25) is 0 Å². The van der Waals surface area contributed by atoms with Crippen LogP contribution in [0, 0.1) is 0 Å². The van der Waals surface area contributed by atoms with Crippen molar-refractivity contribution >= 4 is 4.57 Å². The summed E-state index contributed by atoms with van der Waals surface area (Å²) in [6.07, 6.45) is 1.73. The van der Waals surface area contributed by atoms with Gasteiger partial charge in [0.15, 0.2) is 0 Å². The average Bonchev–Trinajstić information content (AvgIpc) is 1.65. The van der Waals surface area contributed by atoms with Crippen molar-refractivity contribution in [2.45, 2.75) is 0 Å². The van der Waals surface area contributed by atoms with Gasteiger partial charge in [0, 0.05) is 0 Å². The first-order valence-electron chi connectivity index (χ1n) is 1.54. The van der Waals surface area contributed by atoms with Crippen LogP contribution in [-0.4, -0.2) is 4.57 Å². The molecule has 0 bridgehead atoms. The van der Waals surface area contributed by atoms with E-state index >= 15 is 0 Å². The van der Waals surface area contributed by atoms with Crippen molar-refractivity contribution in [3.63, 3.8) is 0 Å². The molecule has 0 aromatic heterocycles. The molecule has 0 aliphatic heterocycles. The average molecular weight is 256 g/mol. The molecule has 0 aromatic rings. The molecule has 0 rings (SSSR count). The molecule has 0 N–H and O–H groups in total. The van der Waals surface area contributed by atoms with E-state index in [-0.39, 0.29) is 0 Å². The third kappa shape index (κ3) is 2.24. The molecule has 0 unspecified atom stereocenters. The van der Waals surface area contributed by atoms with Crippen LogP contribution in [0.15, 0.2) is 24.8 Å². The second-order valence-corrected chi connectivity index (χ2v) is 1.61. The van der Waals surface area contributed by atoms with Gasteiger partial charge in [0.05, 0.1) is 0 Å². The van der Waals surface area contributed by atoms with Crippen molar-refractivity contribution in [2.24, 2.45) is 0 Å². The summed E-state index contributed by atoms with van der Waals surface area (Å²) in [5.74, 6) is 0. The molecule has 1 heteroatoms. The predicted octanol–water partition coefficient (Wildman–Crippen LogP) is 1.08. The summed E-state index contributed by atoms with van der Waals surface area (Å²) in [4.78, 5) is 0. The van der Waals surface area contributed by atoms with Crippen molar-refractivity contribution in [3.8, 4) is 0 Å². The van der Waals surface area contributed by atoms with Gasteiger partial charge in [0.25, 0.3) is 0 Å². The Hall–Kier alpha value is -0.0136. The standard InChI is InChI=1S/C5H6.Os/c1-4-5(2)3;/h2,4H,1,3H2;. The van der Waals surface area contributed by atoms with Gasteiger partial charge in [-0.15, -0.1) is 0 Å². The Kier molecular flexibility index (Phi) is 3.18. The first-order valence-corrected chi connectivity index (χ1v) is 3.01. The maximum absolute atomic E-state index is 3.62. The minimum atomic E-state index is 0.994. The van der Waals surface area contributed by atoms with Crippen molar-refractivity contribution in [3.05, 3.63) is 24.8 Å². The SMILES string of the molecule is C=CC(=C)[CH]=[Os]. The van der Waals surface area contributed by atoms with Crippen LogP contribution in [0.25, 0.3) is 0 Å². The second kappa shape index (κ2) is 3.19. The van der Waals surface area contributed by atoms with Crippen molar-refractivity contribution in [1.82, 2.24) is 0 Å². The van der Waals surface area contributed by atoms with Gasteiger partial charge in [0.1, 0.15) is 0 Å². The third-order valence-corrected chi connectivity index (χ3v) is 1.34. The van der Waals surface area contributed by atoms with Crippen LogP contribution in [0.5, 0.6) is 0 Å². The second-order valence-electron chi connectivity index (χ2n) is 0.881. The Bertz CT molecular complexity index is 71.9. The number of rotatable bonds is 2. The van der Waals surface area contributed by atoms with Crippen LogP contribution < -0.4 is 0 Å². The topological polar surface area (TPSA) is 0 Å². The summed E-state index contributed by atoms with van der Waals surface area (Å²) >= 11 is 1.76. The zero-order valence-corrected chi connectivity index (χ0v) is 5.96. The van der Waals surface area contributed by atoms with E-state index in [2.05, 4.69) is 13.2 Å². The molecular formula is C5H6Os. The molecule has 0 heterocycles. The van der Waals surface area contributed by atoms with Gasteiger partial charge < -0.3 is 0 Å². The Morgan fingerprint density at radius 1 is 1.67 bits per heavy atom. The number of allylic oxidation sites excluding steroid dienone is 2. The minimum absolute atomic E-state index is 0.994. The van der Waals surface area contributed by atoms with Crippen LogP contribution in [0.2, 0.25) is 0 Å². The van der Waals surface area contributed by atoms with E-state index in [1.807, 2.05) is 4.57 Å². The quantitative estimate of drug-likeness (QED) is 0.649. The Balaban J connectivity index is 3.52. The molecule has 0 fully saturated rings. The van der Waals surface area contributed by atoms with Gasteiger partial charge >= 0.3 is 47.5 Å². The fourth-order valence-electron chi connectivity index (χ4n) is 0.0417. The Morgan fingerprint density at radius 3 is 2.17 bits per heavy atom. The molecule has 0 spiro atoms. The van der Waals surface area contributed by atoms with Crippen LogP contribution >= 0.6 is 0 Å². The van der Waals surface area contributed by atoms with Crippen LogP contribution in [0.3, 0.4) is 0 Å². The van der Waals surface area contributed by atoms with E-state index in [0.717, 1.165) is 5.57 Å². The van der Waals surface area contributed by atoms with E-state index in [1.165, 1.54) is 0 Å². The van der Waals surface area contributed by atoms with Gasteiger partial charge in [-0.1, -0.05) is 0 Å². The zero-order valence-electron chi connectivity index (χ0n) is 3.42. The monoisotopic (exact) mass is 258 g/mol. The molecule has 0 saturated carbocycles. The summed E-state index contributed by atoms with van der Waals surface area (Å²) in [7, 11) is 0. The maximum atomic E-state index is 3.62. The zero-order chi connectivity index (χ0) is 4.99. The molecular weight excluding hydrogens is 250 g/mol. The first-order chi connectivity index (χ1) is 2.81. The van der Waals surface area contributed by atoms with E-state index in [0.29, 0.717) is 0 Å². The molecule has 0 nitrogen and oxygen atoms in total. The Labute approximate surface area is 48.0 Å². The molecule has 0 saturated heterocycles. The van der Waals surface area contributed by atoms with E-state index in [9.17, 15) is 0 Å². The van der Waals surface area contributed by atoms with Crippen molar-refractivity contribution in [1.29, 1.82) is 0 Å². The first kappa shape index (κ1) is 5.99. The third-order valence-electron chi connectivity index (χ3n) is 0.393. The molecule has 0 aliphatic rings. The van der Waals surface area contributed by atoms with Crippen molar-refractivity contribution < 1.29 is 18.1 Å². The van der Waals surface area contributed by atoms with Crippen LogP contribution in [-0.2, 0) is 18.1 Å².